The van der Waals surface area contributed by atoms with Crippen LogP contribution in [0.3, 0.4) is 0 Å². The maximum absolute atomic E-state index is 13.5. The Morgan fingerprint density at radius 1 is 0.944 bits per heavy atom. The van der Waals surface area contributed by atoms with Crippen LogP contribution < -0.4 is 20.1 Å². The third-order valence-corrected chi connectivity index (χ3v) is 8.18. The summed E-state index contributed by atoms with van der Waals surface area (Å²) < 4.78 is 11.4. The Kier molecular flexibility index (Phi) is 5.43. The van der Waals surface area contributed by atoms with E-state index >= 15 is 0 Å². The Morgan fingerprint density at radius 2 is 1.67 bits per heavy atom. The first-order valence-electron chi connectivity index (χ1n) is 12.9. The largest absolute Gasteiger partial charge is 0.486 e. The molecule has 0 bridgehead atoms. The maximum Gasteiger partial charge on any atom is 0.325 e. The van der Waals surface area contributed by atoms with Crippen molar-refractivity contribution in [3.63, 3.8) is 0 Å². The first kappa shape index (κ1) is 22.9. The van der Waals surface area contributed by atoms with E-state index in [2.05, 4.69) is 16.7 Å². The van der Waals surface area contributed by atoms with Crippen molar-refractivity contribution in [1.82, 2.24) is 15.5 Å². The molecule has 4 amide bonds. The van der Waals surface area contributed by atoms with E-state index in [1.165, 1.54) is 11.1 Å². The van der Waals surface area contributed by atoms with Gasteiger partial charge in [-0.05, 0) is 73.4 Å². The van der Waals surface area contributed by atoms with Crippen molar-refractivity contribution < 1.29 is 23.9 Å². The highest BCUT2D eigenvalue weighted by Crippen LogP contribution is 2.42. The predicted octanol–water partition coefficient (Wildman–Crippen LogP) is 3.30. The van der Waals surface area contributed by atoms with Crippen molar-refractivity contribution in [3.8, 4) is 11.5 Å². The molecule has 0 aromatic heterocycles. The van der Waals surface area contributed by atoms with Gasteiger partial charge in [-0.25, -0.2) is 4.79 Å². The summed E-state index contributed by atoms with van der Waals surface area (Å²) in [6, 6.07) is 11.2. The van der Waals surface area contributed by atoms with E-state index < -0.39 is 23.0 Å². The molecule has 0 radical (unpaired) electrons. The number of hydrogen-bond acceptors (Lipinski definition) is 5. The molecule has 1 unspecified atom stereocenters. The summed E-state index contributed by atoms with van der Waals surface area (Å²) in [6.45, 7) is 2.41. The third-order valence-electron chi connectivity index (χ3n) is 8.18. The van der Waals surface area contributed by atoms with Crippen LogP contribution in [0.2, 0.25) is 0 Å². The summed E-state index contributed by atoms with van der Waals surface area (Å²) in [5.74, 6) is 0.627. The number of amides is 4. The highest BCUT2D eigenvalue weighted by atomic mass is 16.6. The fourth-order valence-corrected chi connectivity index (χ4v) is 6.17. The lowest BCUT2D eigenvalue weighted by Crippen LogP contribution is -2.49. The van der Waals surface area contributed by atoms with Gasteiger partial charge in [0.25, 0.3) is 5.91 Å². The molecule has 2 N–H and O–H groups in total. The average Bonchev–Trinajstić information content (AvgIpc) is 3.60. The number of rotatable bonds is 5. The van der Waals surface area contributed by atoms with E-state index in [1.54, 1.807) is 6.92 Å². The van der Waals surface area contributed by atoms with Gasteiger partial charge in [0.2, 0.25) is 5.91 Å². The van der Waals surface area contributed by atoms with Gasteiger partial charge >= 0.3 is 6.03 Å². The summed E-state index contributed by atoms with van der Waals surface area (Å²) in [7, 11) is 0. The van der Waals surface area contributed by atoms with Crippen molar-refractivity contribution >= 4 is 17.8 Å². The Balaban J connectivity index is 1.20. The molecule has 2 aliphatic carbocycles. The molecule has 8 nitrogen and oxygen atoms in total. The second-order valence-electron chi connectivity index (χ2n) is 10.5. The number of aryl methyl sites for hydroxylation is 2. The molecule has 188 valence electrons. The second kappa shape index (κ2) is 8.54. The lowest BCUT2D eigenvalue weighted by atomic mass is 9.87. The van der Waals surface area contributed by atoms with Crippen LogP contribution in [-0.2, 0) is 33.5 Å². The average molecular weight is 490 g/mol. The number of hydrogen-bond donors (Lipinski definition) is 2. The van der Waals surface area contributed by atoms with Crippen LogP contribution in [0.1, 0.15) is 61.3 Å². The molecular formula is C28H31N3O5. The Bertz CT molecular complexity index is 1250. The highest BCUT2D eigenvalue weighted by Gasteiger charge is 2.50. The van der Waals surface area contributed by atoms with Crippen LogP contribution in [0.4, 0.5) is 4.79 Å². The fourth-order valence-electron chi connectivity index (χ4n) is 6.17. The first-order chi connectivity index (χ1) is 17.4. The van der Waals surface area contributed by atoms with Gasteiger partial charge in [-0.1, -0.05) is 37.1 Å². The van der Waals surface area contributed by atoms with E-state index in [9.17, 15) is 14.4 Å². The van der Waals surface area contributed by atoms with Crippen LogP contribution in [-0.4, -0.2) is 42.5 Å². The zero-order valence-corrected chi connectivity index (χ0v) is 20.5. The van der Waals surface area contributed by atoms with Crippen molar-refractivity contribution in [1.29, 1.82) is 0 Å². The maximum atomic E-state index is 13.5. The minimum absolute atomic E-state index is 0.322. The second-order valence-corrected chi connectivity index (χ2v) is 10.5. The lowest BCUT2D eigenvalue weighted by molar-refractivity contribution is -0.135. The van der Waals surface area contributed by atoms with Crippen molar-refractivity contribution in [3.05, 3.63) is 58.7 Å². The van der Waals surface area contributed by atoms with E-state index in [1.807, 2.05) is 30.3 Å². The number of fused-ring (bicyclic) bond motifs is 2. The first-order valence-corrected chi connectivity index (χ1v) is 12.9. The molecule has 8 heteroatoms. The van der Waals surface area contributed by atoms with Crippen LogP contribution in [0.5, 0.6) is 11.5 Å². The van der Waals surface area contributed by atoms with E-state index in [-0.39, 0.29) is 12.5 Å². The van der Waals surface area contributed by atoms with Gasteiger partial charge in [0, 0.05) is 0 Å². The van der Waals surface area contributed by atoms with E-state index in [0.29, 0.717) is 24.7 Å². The number of imide groups is 1. The van der Waals surface area contributed by atoms with E-state index in [0.717, 1.165) is 61.0 Å². The molecule has 2 heterocycles. The monoisotopic (exact) mass is 489 g/mol. The quantitative estimate of drug-likeness (QED) is 0.629. The third kappa shape index (κ3) is 3.70. The molecule has 36 heavy (non-hydrogen) atoms. The molecule has 2 aromatic rings. The van der Waals surface area contributed by atoms with Gasteiger partial charge in [0.15, 0.2) is 11.5 Å². The summed E-state index contributed by atoms with van der Waals surface area (Å²) in [6.07, 6.45) is 6.66. The van der Waals surface area contributed by atoms with Crippen LogP contribution in [0.25, 0.3) is 0 Å². The van der Waals surface area contributed by atoms with Crippen molar-refractivity contribution in [2.24, 2.45) is 0 Å². The van der Waals surface area contributed by atoms with Gasteiger partial charge in [-0.3, -0.25) is 14.5 Å². The zero-order chi connectivity index (χ0) is 24.9. The smallest absolute Gasteiger partial charge is 0.325 e. The number of carbonyl (C=O) groups excluding carboxylic acids is 3. The molecule has 1 saturated carbocycles. The molecule has 4 aliphatic rings. The summed E-state index contributed by atoms with van der Waals surface area (Å²) >= 11 is 0. The van der Waals surface area contributed by atoms with E-state index in [4.69, 9.17) is 9.47 Å². The van der Waals surface area contributed by atoms with Gasteiger partial charge in [-0.15, -0.1) is 0 Å². The van der Waals surface area contributed by atoms with Crippen LogP contribution >= 0.6 is 0 Å². The van der Waals surface area contributed by atoms with Gasteiger partial charge in [-0.2, -0.15) is 0 Å². The lowest BCUT2D eigenvalue weighted by Gasteiger charge is -2.32. The van der Waals surface area contributed by atoms with Gasteiger partial charge in [0.1, 0.15) is 25.3 Å². The topological polar surface area (TPSA) is 97.0 Å². The molecule has 2 aromatic carbocycles. The van der Waals surface area contributed by atoms with Crippen molar-refractivity contribution in [2.75, 3.05) is 19.8 Å². The Labute approximate surface area is 210 Å². The predicted molar refractivity (Wildman–Crippen MR) is 132 cm³/mol. The normalized spacial score (nSPS) is 24.0. The minimum atomic E-state index is -1.18. The zero-order valence-electron chi connectivity index (χ0n) is 20.5. The van der Waals surface area contributed by atoms with Crippen LogP contribution in [0.15, 0.2) is 36.4 Å². The standard InChI is InChI=1S/C28H31N3O5/c1-27(20-8-7-18-5-4-6-19(18)15-20)25(33)31(26(34)30-27)17-24(32)29-28(11-2-3-12-28)21-9-10-22-23(16-21)36-14-13-35-22/h7-10,15-16H,2-6,11-14,17H2,1H3,(H,29,32)(H,30,34). The van der Waals surface area contributed by atoms with Crippen molar-refractivity contribution in [2.45, 2.75) is 62.9 Å². The SMILES string of the molecule is CC1(c2ccc3c(c2)CCC3)NC(=O)N(CC(=O)NC2(c3ccc4c(c3)OCCO4)CCCC2)C1=O. The molecule has 1 atom stereocenters. The van der Waals surface area contributed by atoms with Gasteiger partial charge < -0.3 is 20.1 Å². The van der Waals surface area contributed by atoms with Gasteiger partial charge in [0.05, 0.1) is 5.54 Å². The number of urea groups is 1. The molecule has 6 rings (SSSR count). The molecule has 2 aliphatic heterocycles. The summed E-state index contributed by atoms with van der Waals surface area (Å²) in [4.78, 5) is 40.6. The number of ether oxygens (including phenoxy) is 2. The number of nitrogens with zero attached hydrogens (tertiary/aromatic N) is 1. The summed E-state index contributed by atoms with van der Waals surface area (Å²) in [5, 5.41) is 6.01. The Morgan fingerprint density at radius 3 is 2.47 bits per heavy atom. The Hall–Kier alpha value is -3.55. The number of benzene rings is 2. The number of nitrogens with one attached hydrogen (secondary N) is 2. The molecule has 2 fully saturated rings. The fraction of sp³-hybridized carbons (Fsp3) is 0.464. The number of carbonyl (C=O) groups is 3. The summed E-state index contributed by atoms with van der Waals surface area (Å²) in [5.41, 5.74) is 2.50. The molecular weight excluding hydrogens is 458 g/mol. The molecule has 0 spiro atoms. The highest BCUT2D eigenvalue weighted by molar-refractivity contribution is 6.09. The minimum Gasteiger partial charge on any atom is -0.486 e. The van der Waals surface area contributed by atoms with Crippen LogP contribution in [0, 0.1) is 0 Å². The molecule has 1 saturated heterocycles.